The molecule has 3 rings (SSSR count). The van der Waals surface area contributed by atoms with Crippen LogP contribution in [-0.4, -0.2) is 60.0 Å². The summed E-state index contributed by atoms with van der Waals surface area (Å²) < 4.78 is 25.7. The molecule has 152 valence electrons. The highest BCUT2D eigenvalue weighted by Gasteiger charge is 2.31. The number of sulfone groups is 1. The van der Waals surface area contributed by atoms with Crippen molar-refractivity contribution < 1.29 is 18.3 Å². The Morgan fingerprint density at radius 1 is 1.25 bits per heavy atom. The van der Waals surface area contributed by atoms with Crippen LogP contribution in [0.3, 0.4) is 0 Å². The Kier molecular flexibility index (Phi) is 6.37. The lowest BCUT2D eigenvalue weighted by Gasteiger charge is -2.21. The summed E-state index contributed by atoms with van der Waals surface area (Å²) >= 11 is 0. The number of hydrogen-bond acceptors (Lipinski definition) is 5. The van der Waals surface area contributed by atoms with E-state index < -0.39 is 9.84 Å². The van der Waals surface area contributed by atoms with Gasteiger partial charge in [0.25, 0.3) is 0 Å². The Labute approximate surface area is 166 Å². The van der Waals surface area contributed by atoms with E-state index in [1.165, 1.54) is 0 Å². The van der Waals surface area contributed by atoms with Crippen molar-refractivity contribution in [2.45, 2.75) is 32.9 Å². The number of rotatable bonds is 8. The largest absolute Gasteiger partial charge is 0.395 e. The fraction of sp³-hybridized carbons (Fsp3) is 0.476. The number of aryl methyl sites for hydroxylation is 1. The van der Waals surface area contributed by atoms with E-state index in [0.29, 0.717) is 25.1 Å². The lowest BCUT2D eigenvalue weighted by atomic mass is 10.1. The van der Waals surface area contributed by atoms with Crippen molar-refractivity contribution in [2.24, 2.45) is 0 Å². The van der Waals surface area contributed by atoms with E-state index in [0.717, 1.165) is 17.0 Å². The van der Waals surface area contributed by atoms with E-state index in [4.69, 9.17) is 0 Å². The quantitative estimate of drug-likeness (QED) is 0.682. The molecule has 28 heavy (non-hydrogen) atoms. The van der Waals surface area contributed by atoms with Crippen LogP contribution in [0.5, 0.6) is 0 Å². The number of ketones is 1. The van der Waals surface area contributed by atoms with Crippen molar-refractivity contribution in [1.82, 2.24) is 9.47 Å². The van der Waals surface area contributed by atoms with Gasteiger partial charge in [0.2, 0.25) is 0 Å². The number of aliphatic hydroxyl groups is 1. The molecule has 1 unspecified atom stereocenters. The number of hydrogen-bond donors (Lipinski definition) is 1. The maximum absolute atomic E-state index is 13.0. The molecule has 1 saturated heterocycles. The van der Waals surface area contributed by atoms with Crippen LogP contribution in [0.2, 0.25) is 0 Å². The second kappa shape index (κ2) is 8.59. The summed E-state index contributed by atoms with van der Waals surface area (Å²) in [5.41, 5.74) is 3.47. The molecule has 2 aromatic rings. The first kappa shape index (κ1) is 20.8. The first-order valence-electron chi connectivity index (χ1n) is 9.60. The molecule has 0 aliphatic carbocycles. The monoisotopic (exact) mass is 404 g/mol. The first-order chi connectivity index (χ1) is 13.3. The SMILES string of the molecule is Cc1cc(C(=O)CN(CCO)Cc2ccccc2)c(C)n1C1CCS(=O)(=O)C1. The van der Waals surface area contributed by atoms with E-state index >= 15 is 0 Å². The van der Waals surface area contributed by atoms with Crippen LogP contribution in [0.25, 0.3) is 0 Å². The van der Waals surface area contributed by atoms with Crippen molar-refractivity contribution >= 4 is 15.6 Å². The third-order valence-corrected chi connectivity index (χ3v) is 7.14. The van der Waals surface area contributed by atoms with Crippen LogP contribution < -0.4 is 0 Å². The van der Waals surface area contributed by atoms with Crippen LogP contribution in [0.4, 0.5) is 0 Å². The minimum Gasteiger partial charge on any atom is -0.395 e. The van der Waals surface area contributed by atoms with Crippen LogP contribution in [0.15, 0.2) is 36.4 Å². The normalized spacial score (nSPS) is 18.6. The van der Waals surface area contributed by atoms with E-state index in [2.05, 4.69) is 0 Å². The summed E-state index contributed by atoms with van der Waals surface area (Å²) in [7, 11) is -2.99. The van der Waals surface area contributed by atoms with E-state index in [1.54, 1.807) is 0 Å². The maximum Gasteiger partial charge on any atom is 0.178 e. The molecule has 7 heteroatoms. The molecule has 2 heterocycles. The predicted molar refractivity (Wildman–Crippen MR) is 109 cm³/mol. The van der Waals surface area contributed by atoms with E-state index in [9.17, 15) is 18.3 Å². The van der Waals surface area contributed by atoms with E-state index in [-0.39, 0.29) is 36.5 Å². The summed E-state index contributed by atoms with van der Waals surface area (Å²) in [6, 6.07) is 11.6. The summed E-state index contributed by atoms with van der Waals surface area (Å²) in [4.78, 5) is 14.9. The molecular weight excluding hydrogens is 376 g/mol. The molecule has 1 atom stereocenters. The number of Topliss-reactive ketones (excluding diaryl/α,β-unsaturated/α-hetero) is 1. The van der Waals surface area contributed by atoms with Crippen molar-refractivity contribution in [2.75, 3.05) is 31.2 Å². The molecule has 0 saturated carbocycles. The molecule has 1 aliphatic heterocycles. The number of benzene rings is 1. The Morgan fingerprint density at radius 2 is 1.96 bits per heavy atom. The Balaban J connectivity index is 1.77. The van der Waals surface area contributed by atoms with Gasteiger partial charge in [0.15, 0.2) is 15.6 Å². The third-order valence-electron chi connectivity index (χ3n) is 5.39. The van der Waals surface area contributed by atoms with Gasteiger partial charge in [-0.15, -0.1) is 0 Å². The fourth-order valence-corrected chi connectivity index (χ4v) is 5.79. The van der Waals surface area contributed by atoms with Crippen LogP contribution in [-0.2, 0) is 16.4 Å². The van der Waals surface area contributed by atoms with Crippen molar-refractivity contribution in [3.8, 4) is 0 Å². The van der Waals surface area contributed by atoms with Crippen molar-refractivity contribution in [3.63, 3.8) is 0 Å². The molecular formula is C21H28N2O4S. The average molecular weight is 405 g/mol. The zero-order valence-electron chi connectivity index (χ0n) is 16.5. The molecule has 0 spiro atoms. The van der Waals surface area contributed by atoms with Gasteiger partial charge in [-0.05, 0) is 31.9 Å². The van der Waals surface area contributed by atoms with Gasteiger partial charge in [-0.2, -0.15) is 0 Å². The first-order valence-corrected chi connectivity index (χ1v) is 11.4. The molecule has 1 fully saturated rings. The molecule has 1 aromatic heterocycles. The molecule has 1 aromatic carbocycles. The summed E-state index contributed by atoms with van der Waals surface area (Å²) in [5, 5.41) is 9.38. The zero-order chi connectivity index (χ0) is 20.3. The highest BCUT2D eigenvalue weighted by molar-refractivity contribution is 7.91. The van der Waals surface area contributed by atoms with Gasteiger partial charge >= 0.3 is 0 Å². The molecule has 1 aliphatic rings. The minimum atomic E-state index is -2.99. The van der Waals surface area contributed by atoms with Crippen molar-refractivity contribution in [1.29, 1.82) is 0 Å². The highest BCUT2D eigenvalue weighted by Crippen LogP contribution is 2.29. The smallest absolute Gasteiger partial charge is 0.178 e. The van der Waals surface area contributed by atoms with Gasteiger partial charge in [-0.25, -0.2) is 8.42 Å². The molecule has 6 nitrogen and oxygen atoms in total. The maximum atomic E-state index is 13.0. The van der Waals surface area contributed by atoms with Gasteiger partial charge in [0.1, 0.15) is 0 Å². The predicted octanol–water partition coefficient (Wildman–Crippen LogP) is 2.14. The second-order valence-corrected chi connectivity index (χ2v) is 9.78. The summed E-state index contributed by atoms with van der Waals surface area (Å²) in [6.07, 6.45) is 0.594. The fourth-order valence-electron chi connectivity index (χ4n) is 4.09. The van der Waals surface area contributed by atoms with E-state index in [1.807, 2.05) is 59.7 Å². The summed E-state index contributed by atoms with van der Waals surface area (Å²) in [6.45, 7) is 5.01. The van der Waals surface area contributed by atoms with Crippen molar-refractivity contribution in [3.05, 3.63) is 58.9 Å². The van der Waals surface area contributed by atoms with Gasteiger partial charge in [-0.3, -0.25) is 9.69 Å². The lowest BCUT2D eigenvalue weighted by molar-refractivity contribution is 0.0907. The highest BCUT2D eigenvalue weighted by atomic mass is 32.2. The van der Waals surface area contributed by atoms with Crippen LogP contribution >= 0.6 is 0 Å². The molecule has 0 radical (unpaired) electrons. The number of carbonyl (C=O) groups is 1. The molecule has 0 amide bonds. The van der Waals surface area contributed by atoms with Gasteiger partial charge in [0.05, 0.1) is 24.7 Å². The van der Waals surface area contributed by atoms with Gasteiger partial charge in [0, 0.05) is 36.1 Å². The number of aromatic nitrogens is 1. The van der Waals surface area contributed by atoms with Crippen LogP contribution in [0, 0.1) is 13.8 Å². The van der Waals surface area contributed by atoms with Crippen LogP contribution in [0.1, 0.15) is 39.8 Å². The number of nitrogens with zero attached hydrogens (tertiary/aromatic N) is 2. The standard InChI is InChI=1S/C21H28N2O4S/c1-16-12-20(17(2)23(16)19-8-11-28(26,27)15-19)21(25)14-22(9-10-24)13-18-6-4-3-5-7-18/h3-7,12,19,24H,8-11,13-15H2,1-2H3. The topological polar surface area (TPSA) is 79.6 Å². The van der Waals surface area contributed by atoms with Gasteiger partial charge < -0.3 is 9.67 Å². The Morgan fingerprint density at radius 3 is 2.57 bits per heavy atom. The molecule has 0 bridgehead atoms. The lowest BCUT2D eigenvalue weighted by Crippen LogP contribution is -2.32. The average Bonchev–Trinajstić information content (AvgIpc) is 3.14. The summed E-state index contributed by atoms with van der Waals surface area (Å²) in [5.74, 6) is 0.339. The van der Waals surface area contributed by atoms with Gasteiger partial charge in [-0.1, -0.05) is 30.3 Å². The number of carbonyl (C=O) groups excluding carboxylic acids is 1. The minimum absolute atomic E-state index is 0.00964. The zero-order valence-corrected chi connectivity index (χ0v) is 17.3. The number of aliphatic hydroxyl groups excluding tert-OH is 1. The second-order valence-electron chi connectivity index (χ2n) is 7.55. The molecule has 1 N–H and O–H groups in total. The Hall–Kier alpha value is -1.96. The Bertz CT molecular complexity index is 935. The third kappa shape index (κ3) is 4.71.